The van der Waals surface area contributed by atoms with Crippen LogP contribution >= 0.6 is 0 Å². The number of hydrogen-bond donors (Lipinski definition) is 0. The van der Waals surface area contributed by atoms with Crippen LogP contribution in [0.3, 0.4) is 0 Å². The van der Waals surface area contributed by atoms with E-state index in [0.29, 0.717) is 17.5 Å². The Morgan fingerprint density at radius 1 is 0.290 bits per heavy atom. The zero-order chi connectivity index (χ0) is 41.0. The van der Waals surface area contributed by atoms with Crippen LogP contribution in [0.5, 0.6) is 0 Å². The van der Waals surface area contributed by atoms with Gasteiger partial charge in [-0.1, -0.05) is 188 Å². The van der Waals surface area contributed by atoms with E-state index < -0.39 is 0 Å². The van der Waals surface area contributed by atoms with Crippen molar-refractivity contribution in [3.63, 3.8) is 0 Å². The SMILES string of the molecule is c1ccc(-c2ccc(-c3nc(-c4ccc(-c5ccccc5)cc4)nc(-c4cccc5c4oc4c5ccc5c6ccccc6n(-c6ccc(-c7ccccc7)cc6)c54)n3)cc2)cc1. The number of para-hydroxylation sites is 2. The monoisotopic (exact) mass is 792 g/mol. The van der Waals surface area contributed by atoms with Crippen molar-refractivity contribution in [2.24, 2.45) is 0 Å². The van der Waals surface area contributed by atoms with Crippen molar-refractivity contribution in [1.82, 2.24) is 19.5 Å². The summed E-state index contributed by atoms with van der Waals surface area (Å²) >= 11 is 0. The summed E-state index contributed by atoms with van der Waals surface area (Å²) in [5, 5.41) is 4.32. The average Bonchev–Trinajstić information content (AvgIpc) is 3.91. The Labute approximate surface area is 357 Å². The zero-order valence-electron chi connectivity index (χ0n) is 33.5. The molecule has 0 radical (unpaired) electrons. The summed E-state index contributed by atoms with van der Waals surface area (Å²) in [5.74, 6) is 1.72. The summed E-state index contributed by atoms with van der Waals surface area (Å²) < 4.78 is 9.47. The second-order valence-corrected chi connectivity index (χ2v) is 15.6. The van der Waals surface area contributed by atoms with E-state index in [4.69, 9.17) is 19.4 Å². The van der Waals surface area contributed by atoms with Gasteiger partial charge in [-0.2, -0.15) is 0 Å². The minimum atomic E-state index is 0.544. The van der Waals surface area contributed by atoms with Gasteiger partial charge in [0.15, 0.2) is 23.1 Å². The van der Waals surface area contributed by atoms with Gasteiger partial charge < -0.3 is 8.98 Å². The maximum absolute atomic E-state index is 7.14. The van der Waals surface area contributed by atoms with E-state index in [1.54, 1.807) is 0 Å². The highest BCUT2D eigenvalue weighted by molar-refractivity contribution is 6.22. The normalized spacial score (nSPS) is 11.5. The first-order valence-corrected chi connectivity index (χ1v) is 20.8. The van der Waals surface area contributed by atoms with Crippen LogP contribution in [-0.2, 0) is 0 Å². The molecule has 12 aromatic rings. The molecule has 0 aliphatic rings. The fourth-order valence-electron chi connectivity index (χ4n) is 8.82. The fraction of sp³-hybridized carbons (Fsp3) is 0. The lowest BCUT2D eigenvalue weighted by atomic mass is 10.0. The van der Waals surface area contributed by atoms with E-state index in [2.05, 4.69) is 205 Å². The molecule has 9 aromatic carbocycles. The first-order valence-electron chi connectivity index (χ1n) is 20.8. The molecule has 0 amide bonds. The minimum absolute atomic E-state index is 0.544. The Kier molecular flexibility index (Phi) is 8.42. The van der Waals surface area contributed by atoms with Crippen molar-refractivity contribution in [3.05, 3.63) is 218 Å². The second kappa shape index (κ2) is 14.7. The number of furan rings is 1. The molecule has 0 N–H and O–H groups in total. The lowest BCUT2D eigenvalue weighted by Gasteiger charge is -2.10. The van der Waals surface area contributed by atoms with Crippen molar-refractivity contribution < 1.29 is 4.42 Å². The predicted molar refractivity (Wildman–Crippen MR) is 254 cm³/mol. The number of fused-ring (bicyclic) bond motifs is 7. The highest BCUT2D eigenvalue weighted by atomic mass is 16.3. The molecule has 0 unspecified atom stereocenters. The smallest absolute Gasteiger partial charge is 0.167 e. The molecule has 0 atom stereocenters. The third-order valence-corrected chi connectivity index (χ3v) is 11.9. The standard InChI is InChI=1S/C57H36N4O/c1-4-13-37(14-5-1)40-23-27-43(28-24-40)55-58-56(44-29-25-41(26-30-44)38-15-6-2-7-16-38)60-57(59-55)50-21-12-20-48-49-36-35-47-46-19-10-11-22-51(46)61(52(47)54(49)62-53(48)50)45-33-31-42(32-34-45)39-17-8-3-9-18-39/h1-36H. The molecule has 0 saturated heterocycles. The van der Waals surface area contributed by atoms with Gasteiger partial charge in [-0.15, -0.1) is 0 Å². The Bertz CT molecular complexity index is 3480. The summed E-state index contributed by atoms with van der Waals surface area (Å²) in [6.07, 6.45) is 0. The molecule has 0 aliphatic carbocycles. The zero-order valence-corrected chi connectivity index (χ0v) is 33.5. The molecule has 5 heteroatoms. The lowest BCUT2D eigenvalue weighted by Crippen LogP contribution is -2.00. The minimum Gasteiger partial charge on any atom is -0.453 e. The molecule has 3 heterocycles. The topological polar surface area (TPSA) is 56.7 Å². The van der Waals surface area contributed by atoms with Gasteiger partial charge in [-0.05, 0) is 63.7 Å². The van der Waals surface area contributed by atoms with E-state index in [-0.39, 0.29) is 0 Å². The van der Waals surface area contributed by atoms with Crippen molar-refractivity contribution in [2.45, 2.75) is 0 Å². The van der Waals surface area contributed by atoms with Gasteiger partial charge in [-0.25, -0.2) is 15.0 Å². The quantitative estimate of drug-likeness (QED) is 0.161. The molecule has 0 saturated carbocycles. The summed E-state index contributed by atoms with van der Waals surface area (Å²) in [7, 11) is 0. The van der Waals surface area contributed by atoms with Crippen LogP contribution in [0.4, 0.5) is 0 Å². The van der Waals surface area contributed by atoms with E-state index in [1.165, 1.54) is 16.5 Å². The van der Waals surface area contributed by atoms with Gasteiger partial charge in [-0.3, -0.25) is 0 Å². The van der Waals surface area contributed by atoms with E-state index in [0.717, 1.165) is 83.0 Å². The highest BCUT2D eigenvalue weighted by Gasteiger charge is 2.22. The van der Waals surface area contributed by atoms with E-state index >= 15 is 0 Å². The molecule has 0 spiro atoms. The van der Waals surface area contributed by atoms with Crippen LogP contribution < -0.4 is 0 Å². The molecule has 3 aromatic heterocycles. The Balaban J connectivity index is 1.04. The summed E-state index contributed by atoms with van der Waals surface area (Å²) in [6, 6.07) is 76.2. The van der Waals surface area contributed by atoms with Gasteiger partial charge in [0, 0.05) is 38.4 Å². The molecular weight excluding hydrogens is 757 g/mol. The largest absolute Gasteiger partial charge is 0.453 e. The second-order valence-electron chi connectivity index (χ2n) is 15.6. The molecular formula is C57H36N4O. The van der Waals surface area contributed by atoms with Crippen LogP contribution in [-0.4, -0.2) is 19.5 Å². The molecule has 0 bridgehead atoms. The number of aromatic nitrogens is 4. The van der Waals surface area contributed by atoms with Gasteiger partial charge in [0.25, 0.3) is 0 Å². The van der Waals surface area contributed by atoms with Crippen molar-refractivity contribution in [1.29, 1.82) is 0 Å². The Morgan fingerprint density at radius 3 is 1.27 bits per heavy atom. The molecule has 0 aliphatic heterocycles. The van der Waals surface area contributed by atoms with Crippen LogP contribution in [0.25, 0.3) is 117 Å². The van der Waals surface area contributed by atoms with Crippen molar-refractivity contribution >= 4 is 43.7 Å². The third kappa shape index (κ3) is 6.06. The predicted octanol–water partition coefficient (Wildman–Crippen LogP) is 14.9. The number of rotatable bonds is 7. The van der Waals surface area contributed by atoms with Gasteiger partial charge in [0.1, 0.15) is 5.58 Å². The molecule has 5 nitrogen and oxygen atoms in total. The number of benzene rings is 9. The summed E-state index contributed by atoms with van der Waals surface area (Å²) in [5.41, 5.74) is 14.3. The number of hydrogen-bond acceptors (Lipinski definition) is 4. The Morgan fingerprint density at radius 2 is 0.710 bits per heavy atom. The van der Waals surface area contributed by atoms with Gasteiger partial charge >= 0.3 is 0 Å². The van der Waals surface area contributed by atoms with Gasteiger partial charge in [0.05, 0.1) is 16.6 Å². The maximum Gasteiger partial charge on any atom is 0.167 e. The van der Waals surface area contributed by atoms with Crippen LogP contribution in [0.15, 0.2) is 223 Å². The van der Waals surface area contributed by atoms with Crippen LogP contribution in [0.1, 0.15) is 0 Å². The lowest BCUT2D eigenvalue weighted by molar-refractivity contribution is 0.671. The van der Waals surface area contributed by atoms with Crippen molar-refractivity contribution in [3.8, 4) is 73.2 Å². The van der Waals surface area contributed by atoms with Crippen LogP contribution in [0.2, 0.25) is 0 Å². The van der Waals surface area contributed by atoms with Crippen LogP contribution in [0, 0.1) is 0 Å². The first kappa shape index (κ1) is 35.5. The molecule has 12 rings (SSSR count). The van der Waals surface area contributed by atoms with Gasteiger partial charge in [0.2, 0.25) is 0 Å². The van der Waals surface area contributed by atoms with Crippen molar-refractivity contribution in [2.75, 3.05) is 0 Å². The maximum atomic E-state index is 7.14. The molecule has 0 fully saturated rings. The first-order chi connectivity index (χ1) is 30.7. The third-order valence-electron chi connectivity index (χ3n) is 11.9. The Hall–Kier alpha value is -8.41. The summed E-state index contributed by atoms with van der Waals surface area (Å²) in [6.45, 7) is 0. The fourth-order valence-corrected chi connectivity index (χ4v) is 8.82. The number of nitrogens with zero attached hydrogens (tertiary/aromatic N) is 4. The average molecular weight is 793 g/mol. The summed E-state index contributed by atoms with van der Waals surface area (Å²) in [4.78, 5) is 15.5. The highest BCUT2D eigenvalue weighted by Crippen LogP contribution is 2.43. The molecule has 290 valence electrons. The van der Waals surface area contributed by atoms with E-state index in [9.17, 15) is 0 Å². The van der Waals surface area contributed by atoms with E-state index in [1.807, 2.05) is 18.2 Å². The molecule has 62 heavy (non-hydrogen) atoms.